The van der Waals surface area contributed by atoms with Gasteiger partial charge in [0.05, 0.1) is 0 Å². The van der Waals surface area contributed by atoms with Crippen LogP contribution in [0.15, 0.2) is 72.8 Å². The van der Waals surface area contributed by atoms with E-state index >= 15 is 0 Å². The Morgan fingerprint density at radius 1 is 0.705 bits per heavy atom. The summed E-state index contributed by atoms with van der Waals surface area (Å²) in [6.07, 6.45) is 8.37. The van der Waals surface area contributed by atoms with Gasteiger partial charge in [-0.15, -0.1) is 0 Å². The van der Waals surface area contributed by atoms with Crippen LogP contribution in [0.2, 0.25) is 0 Å². The number of carbonyl (C=O) groups is 4. The number of fused-ring (bicyclic) bond motifs is 1. The molecule has 2 fully saturated rings. The van der Waals surface area contributed by atoms with Crippen molar-refractivity contribution in [3.63, 3.8) is 0 Å². The lowest BCUT2D eigenvalue weighted by Crippen LogP contribution is -2.54. The first kappa shape index (κ1) is 35.8. The predicted molar refractivity (Wildman–Crippen MR) is 158 cm³/mol. The zero-order chi connectivity index (χ0) is 32.5. The van der Waals surface area contributed by atoms with Crippen molar-refractivity contribution in [1.29, 1.82) is 0 Å². The van der Waals surface area contributed by atoms with Crippen LogP contribution in [0.25, 0.3) is 0 Å². The predicted octanol–water partition coefficient (Wildman–Crippen LogP) is 4.47. The number of halogens is 2. The Bertz CT molecular complexity index is 1170. The average molecular weight is 617 g/mol. The largest absolute Gasteiger partial charge is 0.478 e. The highest BCUT2D eigenvalue weighted by Crippen LogP contribution is 2.30. The van der Waals surface area contributed by atoms with Crippen LogP contribution in [0, 0.1) is 11.6 Å². The Kier molecular flexibility index (Phi) is 15.4. The van der Waals surface area contributed by atoms with E-state index in [0.717, 1.165) is 43.1 Å². The number of carboxylic acids is 4. The van der Waals surface area contributed by atoms with Crippen LogP contribution < -0.4 is 0 Å². The molecule has 1 atom stereocenters. The molecule has 0 radical (unpaired) electrons. The number of hydrogen-bond acceptors (Lipinski definition) is 6. The van der Waals surface area contributed by atoms with Gasteiger partial charge in [0.1, 0.15) is 11.6 Å². The lowest BCUT2D eigenvalue weighted by Gasteiger charge is -2.44. The van der Waals surface area contributed by atoms with Crippen molar-refractivity contribution in [2.45, 2.75) is 44.1 Å². The van der Waals surface area contributed by atoms with Crippen molar-refractivity contribution in [2.75, 3.05) is 32.7 Å². The van der Waals surface area contributed by atoms with Gasteiger partial charge >= 0.3 is 23.9 Å². The molecule has 2 heterocycles. The Labute approximate surface area is 254 Å². The van der Waals surface area contributed by atoms with Gasteiger partial charge in [0.25, 0.3) is 0 Å². The van der Waals surface area contributed by atoms with Crippen LogP contribution in [0.1, 0.15) is 49.1 Å². The van der Waals surface area contributed by atoms with Crippen LogP contribution in [-0.4, -0.2) is 92.9 Å². The topological polar surface area (TPSA) is 156 Å². The smallest absolute Gasteiger partial charge is 0.328 e. The summed E-state index contributed by atoms with van der Waals surface area (Å²) in [5, 5.41) is 31.2. The molecule has 0 aromatic heterocycles. The third kappa shape index (κ3) is 14.2. The van der Waals surface area contributed by atoms with Crippen LogP contribution in [0.4, 0.5) is 8.78 Å². The third-order valence-electron chi connectivity index (χ3n) is 7.17. The molecular weight excluding hydrogens is 578 g/mol. The number of hydrogen-bond donors (Lipinski definition) is 4. The minimum atomic E-state index is -1.26. The highest BCUT2D eigenvalue weighted by molar-refractivity contribution is 5.90. The summed E-state index contributed by atoms with van der Waals surface area (Å²) in [5.74, 6) is -5.28. The van der Waals surface area contributed by atoms with Crippen molar-refractivity contribution < 1.29 is 48.4 Å². The Hall–Kier alpha value is -4.42. The summed E-state index contributed by atoms with van der Waals surface area (Å²) in [6.45, 7) is 5.93. The second-order valence-electron chi connectivity index (χ2n) is 10.3. The standard InChI is InChI=1S/C24H30F2N2.2C4H4O4/c25-21-10-6-19(7-11-21)24(20-8-12-22(26)13-9-20)5-3-14-27-16-17-28-15-2-1-4-23(28)18-27;2*5-3(6)1-2-4(7)8/h6-13,23-24H,1-5,14-18H2;2*1-2H,(H,5,6)(H,7,8)/b;2*2-1+. The SMILES string of the molecule is Fc1ccc(C(CCCN2CCN3CCCCC3C2)c2ccc(F)cc2)cc1.O=C(O)/C=C/C(=O)O.O=C(O)/C=C/C(=O)O. The van der Waals surface area contributed by atoms with Crippen LogP contribution in [0.3, 0.4) is 0 Å². The number of piperidine rings is 1. The van der Waals surface area contributed by atoms with E-state index in [2.05, 4.69) is 9.80 Å². The summed E-state index contributed by atoms with van der Waals surface area (Å²) in [7, 11) is 0. The molecule has 238 valence electrons. The molecule has 4 rings (SSSR count). The number of nitrogens with zero attached hydrogens (tertiary/aromatic N) is 2. The summed E-state index contributed by atoms with van der Waals surface area (Å²) in [4.78, 5) is 43.5. The number of piperazine rings is 1. The Balaban J connectivity index is 0.000000349. The molecule has 2 aliphatic heterocycles. The van der Waals surface area contributed by atoms with E-state index in [-0.39, 0.29) is 17.6 Å². The van der Waals surface area contributed by atoms with Gasteiger partial charge in [-0.1, -0.05) is 30.7 Å². The molecule has 12 heteroatoms. The van der Waals surface area contributed by atoms with Crippen LogP contribution in [0.5, 0.6) is 0 Å². The number of carboxylic acid groups (broad SMARTS) is 4. The molecule has 0 aliphatic carbocycles. The molecule has 4 N–H and O–H groups in total. The van der Waals surface area contributed by atoms with E-state index in [1.807, 2.05) is 24.3 Å². The quantitative estimate of drug-likeness (QED) is 0.281. The first-order chi connectivity index (χ1) is 20.9. The fourth-order valence-corrected chi connectivity index (χ4v) is 5.14. The van der Waals surface area contributed by atoms with Gasteiger partial charge in [-0.3, -0.25) is 4.90 Å². The van der Waals surface area contributed by atoms with Gasteiger partial charge in [0.15, 0.2) is 0 Å². The average Bonchev–Trinajstić information content (AvgIpc) is 2.99. The van der Waals surface area contributed by atoms with E-state index in [1.165, 1.54) is 63.2 Å². The maximum atomic E-state index is 13.4. The molecule has 1 unspecified atom stereocenters. The molecule has 2 saturated heterocycles. The molecule has 0 saturated carbocycles. The fraction of sp³-hybridized carbons (Fsp3) is 0.375. The lowest BCUT2D eigenvalue weighted by atomic mass is 9.87. The summed E-state index contributed by atoms with van der Waals surface area (Å²) in [5.41, 5.74) is 2.20. The van der Waals surface area contributed by atoms with E-state index in [4.69, 9.17) is 20.4 Å². The maximum Gasteiger partial charge on any atom is 0.328 e. The highest BCUT2D eigenvalue weighted by atomic mass is 19.1. The second kappa shape index (κ2) is 19.0. The van der Waals surface area contributed by atoms with Gasteiger partial charge < -0.3 is 25.3 Å². The lowest BCUT2D eigenvalue weighted by molar-refractivity contribution is -0.134. The van der Waals surface area contributed by atoms with Gasteiger partial charge in [-0.05, 0) is 74.2 Å². The Morgan fingerprint density at radius 3 is 1.59 bits per heavy atom. The molecule has 2 aliphatic rings. The number of rotatable bonds is 10. The van der Waals surface area contributed by atoms with Gasteiger partial charge in [0, 0.05) is 55.9 Å². The summed E-state index contributed by atoms with van der Waals surface area (Å²) in [6, 6.07) is 14.3. The summed E-state index contributed by atoms with van der Waals surface area (Å²) < 4.78 is 26.8. The number of benzene rings is 2. The van der Waals surface area contributed by atoms with Crippen molar-refractivity contribution in [3.8, 4) is 0 Å². The van der Waals surface area contributed by atoms with E-state index < -0.39 is 23.9 Å². The van der Waals surface area contributed by atoms with Gasteiger partial charge in [-0.2, -0.15) is 0 Å². The molecule has 0 spiro atoms. The zero-order valence-corrected chi connectivity index (χ0v) is 24.2. The third-order valence-corrected chi connectivity index (χ3v) is 7.17. The van der Waals surface area contributed by atoms with Crippen molar-refractivity contribution in [1.82, 2.24) is 9.80 Å². The Morgan fingerprint density at radius 2 is 1.16 bits per heavy atom. The minimum absolute atomic E-state index is 0.178. The van der Waals surface area contributed by atoms with E-state index in [0.29, 0.717) is 24.3 Å². The zero-order valence-electron chi connectivity index (χ0n) is 24.2. The van der Waals surface area contributed by atoms with Gasteiger partial charge in [-0.25, -0.2) is 28.0 Å². The molecule has 0 amide bonds. The maximum absolute atomic E-state index is 13.4. The minimum Gasteiger partial charge on any atom is -0.478 e. The molecule has 2 aromatic rings. The van der Waals surface area contributed by atoms with E-state index in [9.17, 15) is 28.0 Å². The van der Waals surface area contributed by atoms with Gasteiger partial charge in [0.2, 0.25) is 0 Å². The van der Waals surface area contributed by atoms with Crippen molar-refractivity contribution >= 4 is 23.9 Å². The second-order valence-corrected chi connectivity index (χ2v) is 10.3. The molecule has 44 heavy (non-hydrogen) atoms. The molecule has 2 aromatic carbocycles. The summed E-state index contributed by atoms with van der Waals surface area (Å²) >= 11 is 0. The fourth-order valence-electron chi connectivity index (χ4n) is 5.14. The molecule has 0 bridgehead atoms. The van der Waals surface area contributed by atoms with Crippen LogP contribution >= 0.6 is 0 Å². The first-order valence-corrected chi connectivity index (χ1v) is 14.2. The van der Waals surface area contributed by atoms with Crippen molar-refractivity contribution in [2.24, 2.45) is 0 Å². The monoisotopic (exact) mass is 616 g/mol. The van der Waals surface area contributed by atoms with Crippen LogP contribution in [-0.2, 0) is 19.2 Å². The highest BCUT2D eigenvalue weighted by Gasteiger charge is 2.28. The molecular formula is C32H38F2N2O8. The number of aliphatic carboxylic acids is 4. The normalized spacial score (nSPS) is 16.8. The van der Waals surface area contributed by atoms with Crippen molar-refractivity contribution in [3.05, 3.63) is 95.6 Å². The van der Waals surface area contributed by atoms with E-state index in [1.54, 1.807) is 0 Å². The molecule has 10 nitrogen and oxygen atoms in total. The first-order valence-electron chi connectivity index (χ1n) is 14.2.